The Hall–Kier alpha value is -3.08. The molecule has 5 heteroatoms. The molecule has 0 atom stereocenters. The van der Waals surface area contributed by atoms with Crippen molar-refractivity contribution in [3.63, 3.8) is 0 Å². The summed E-state index contributed by atoms with van der Waals surface area (Å²) in [4.78, 5) is 23.0. The van der Waals surface area contributed by atoms with E-state index in [2.05, 4.69) is 10.1 Å². The molecule has 0 heterocycles. The van der Waals surface area contributed by atoms with Gasteiger partial charge in [-0.05, 0) is 29.5 Å². The Morgan fingerprint density at radius 2 is 1.78 bits per heavy atom. The molecule has 1 N–H and O–H groups in total. The second kappa shape index (κ2) is 11.5. The van der Waals surface area contributed by atoms with Crippen LogP contribution in [0.25, 0.3) is 6.08 Å². The summed E-state index contributed by atoms with van der Waals surface area (Å²) in [5, 5.41) is 2.73. The number of nitrogens with one attached hydrogen (secondary N) is 1. The molecule has 0 aliphatic rings. The van der Waals surface area contributed by atoms with Gasteiger partial charge < -0.3 is 14.8 Å². The molecule has 2 rings (SSSR count). The highest BCUT2D eigenvalue weighted by molar-refractivity contribution is 5.70. The number of hydrogen-bond acceptors (Lipinski definition) is 4. The standard InChI is InChI=1S/C22H25NO4/c1-26-21(24)15-14-20-12-6-5-11-19(20)13-7-8-16-23-22(25)27-17-18-9-3-2-4-10-18/h2-7,9-13H,8,14-17H2,1H3,(H,23,25). The number of ether oxygens (including phenoxy) is 2. The zero-order valence-electron chi connectivity index (χ0n) is 15.5. The van der Waals surface area contributed by atoms with Crippen molar-refractivity contribution in [3.05, 3.63) is 77.4 Å². The number of hydrogen-bond donors (Lipinski definition) is 1. The maximum absolute atomic E-state index is 11.7. The molecule has 0 fully saturated rings. The molecule has 0 saturated carbocycles. The van der Waals surface area contributed by atoms with Crippen LogP contribution in [0.5, 0.6) is 0 Å². The van der Waals surface area contributed by atoms with Crippen molar-refractivity contribution >= 4 is 18.1 Å². The largest absolute Gasteiger partial charge is 0.469 e. The van der Waals surface area contributed by atoms with Crippen LogP contribution in [0.3, 0.4) is 0 Å². The average Bonchev–Trinajstić information content (AvgIpc) is 2.71. The van der Waals surface area contributed by atoms with Gasteiger partial charge in [0.25, 0.3) is 0 Å². The quantitative estimate of drug-likeness (QED) is 0.535. The number of rotatable bonds is 9. The molecule has 0 bridgehead atoms. The van der Waals surface area contributed by atoms with Crippen molar-refractivity contribution in [3.8, 4) is 0 Å². The molecular weight excluding hydrogens is 342 g/mol. The Kier molecular flexibility index (Phi) is 8.63. The van der Waals surface area contributed by atoms with Gasteiger partial charge >= 0.3 is 12.1 Å². The molecule has 0 aromatic heterocycles. The summed E-state index contributed by atoms with van der Waals surface area (Å²) < 4.78 is 9.85. The molecule has 27 heavy (non-hydrogen) atoms. The van der Waals surface area contributed by atoms with Crippen LogP contribution in [-0.4, -0.2) is 25.7 Å². The molecule has 142 valence electrons. The molecule has 0 aliphatic heterocycles. The van der Waals surface area contributed by atoms with Gasteiger partial charge in [0.2, 0.25) is 0 Å². The number of methoxy groups -OCH3 is 1. The normalized spacial score (nSPS) is 10.6. The summed E-state index contributed by atoms with van der Waals surface area (Å²) in [5.74, 6) is -0.216. The minimum atomic E-state index is -0.425. The van der Waals surface area contributed by atoms with E-state index in [1.54, 1.807) is 0 Å². The third kappa shape index (κ3) is 7.77. The van der Waals surface area contributed by atoms with Crippen LogP contribution in [0, 0.1) is 0 Å². The fourth-order valence-corrected chi connectivity index (χ4v) is 2.51. The average molecular weight is 367 g/mol. The molecular formula is C22H25NO4. The first-order chi connectivity index (χ1) is 13.2. The third-order valence-corrected chi connectivity index (χ3v) is 3.97. The van der Waals surface area contributed by atoms with Crippen LogP contribution in [0.4, 0.5) is 4.79 Å². The summed E-state index contributed by atoms with van der Waals surface area (Å²) in [7, 11) is 1.39. The zero-order valence-corrected chi connectivity index (χ0v) is 15.5. The fourth-order valence-electron chi connectivity index (χ4n) is 2.51. The maximum atomic E-state index is 11.7. The summed E-state index contributed by atoms with van der Waals surface area (Å²) in [6, 6.07) is 17.5. The van der Waals surface area contributed by atoms with E-state index < -0.39 is 6.09 Å². The van der Waals surface area contributed by atoms with E-state index in [1.165, 1.54) is 7.11 Å². The lowest BCUT2D eigenvalue weighted by molar-refractivity contribution is -0.140. The van der Waals surface area contributed by atoms with Gasteiger partial charge in [0.1, 0.15) is 6.61 Å². The van der Waals surface area contributed by atoms with Gasteiger partial charge in [-0.1, -0.05) is 66.7 Å². The first-order valence-electron chi connectivity index (χ1n) is 8.95. The molecule has 0 aliphatic carbocycles. The highest BCUT2D eigenvalue weighted by Gasteiger charge is 2.04. The Labute approximate surface area is 160 Å². The molecule has 5 nitrogen and oxygen atoms in total. The second-order valence-corrected chi connectivity index (χ2v) is 5.95. The smallest absolute Gasteiger partial charge is 0.407 e. The van der Waals surface area contributed by atoms with Gasteiger partial charge in [-0.3, -0.25) is 4.79 Å². The van der Waals surface area contributed by atoms with Crippen LogP contribution >= 0.6 is 0 Å². The predicted molar refractivity (Wildman–Crippen MR) is 105 cm³/mol. The number of amides is 1. The topological polar surface area (TPSA) is 64.6 Å². The van der Waals surface area contributed by atoms with Crippen LogP contribution in [0.15, 0.2) is 60.7 Å². The van der Waals surface area contributed by atoms with Crippen LogP contribution in [0.2, 0.25) is 0 Å². The molecule has 2 aromatic rings. The number of benzene rings is 2. The first kappa shape index (κ1) is 20.2. The van der Waals surface area contributed by atoms with E-state index in [0.717, 1.165) is 16.7 Å². The summed E-state index contributed by atoms with van der Waals surface area (Å²) in [5.41, 5.74) is 3.11. The van der Waals surface area contributed by atoms with E-state index in [0.29, 0.717) is 25.8 Å². The van der Waals surface area contributed by atoms with E-state index in [4.69, 9.17) is 4.74 Å². The molecule has 0 unspecified atom stereocenters. The predicted octanol–water partition coefficient (Wildman–Crippen LogP) is 4.12. The van der Waals surface area contributed by atoms with Gasteiger partial charge in [-0.25, -0.2) is 4.79 Å². The Bertz CT molecular complexity index is 756. The van der Waals surface area contributed by atoms with Gasteiger partial charge in [0.15, 0.2) is 0 Å². The van der Waals surface area contributed by atoms with E-state index >= 15 is 0 Å². The van der Waals surface area contributed by atoms with Gasteiger partial charge in [0.05, 0.1) is 7.11 Å². The number of alkyl carbamates (subject to hydrolysis) is 1. The Balaban J connectivity index is 1.71. The first-order valence-corrected chi connectivity index (χ1v) is 8.95. The van der Waals surface area contributed by atoms with Crippen LogP contribution in [0.1, 0.15) is 29.5 Å². The number of carbonyl (C=O) groups excluding carboxylic acids is 2. The minimum absolute atomic E-state index is 0.216. The maximum Gasteiger partial charge on any atom is 0.407 e. The molecule has 2 aromatic carbocycles. The monoisotopic (exact) mass is 367 g/mol. The van der Waals surface area contributed by atoms with Gasteiger partial charge in [-0.15, -0.1) is 0 Å². The van der Waals surface area contributed by atoms with Crippen molar-refractivity contribution in [2.75, 3.05) is 13.7 Å². The lowest BCUT2D eigenvalue weighted by Crippen LogP contribution is -2.24. The van der Waals surface area contributed by atoms with Crippen molar-refractivity contribution in [2.45, 2.75) is 25.9 Å². The Morgan fingerprint density at radius 3 is 2.56 bits per heavy atom. The summed E-state index contributed by atoms with van der Waals surface area (Å²) >= 11 is 0. The van der Waals surface area contributed by atoms with Crippen LogP contribution in [-0.2, 0) is 27.3 Å². The summed E-state index contributed by atoms with van der Waals surface area (Å²) in [6.45, 7) is 0.754. The number of carbonyl (C=O) groups is 2. The molecule has 0 radical (unpaired) electrons. The van der Waals surface area contributed by atoms with E-state index in [-0.39, 0.29) is 12.6 Å². The van der Waals surface area contributed by atoms with Crippen LogP contribution < -0.4 is 5.32 Å². The highest BCUT2D eigenvalue weighted by Crippen LogP contribution is 2.13. The summed E-state index contributed by atoms with van der Waals surface area (Å²) in [6.07, 6.45) is 5.25. The number of esters is 1. The van der Waals surface area contributed by atoms with Crippen molar-refractivity contribution < 1.29 is 19.1 Å². The zero-order chi connectivity index (χ0) is 19.3. The SMILES string of the molecule is COC(=O)CCc1ccccc1C=CCCNC(=O)OCc1ccccc1. The van der Waals surface area contributed by atoms with E-state index in [1.807, 2.05) is 66.7 Å². The lowest BCUT2D eigenvalue weighted by Gasteiger charge is -2.06. The minimum Gasteiger partial charge on any atom is -0.469 e. The van der Waals surface area contributed by atoms with Gasteiger partial charge in [0, 0.05) is 13.0 Å². The highest BCUT2D eigenvalue weighted by atomic mass is 16.5. The van der Waals surface area contributed by atoms with Crippen molar-refractivity contribution in [1.29, 1.82) is 0 Å². The van der Waals surface area contributed by atoms with Gasteiger partial charge in [-0.2, -0.15) is 0 Å². The second-order valence-electron chi connectivity index (χ2n) is 5.95. The molecule has 0 spiro atoms. The number of aryl methyl sites for hydroxylation is 1. The fraction of sp³-hybridized carbons (Fsp3) is 0.273. The lowest BCUT2D eigenvalue weighted by atomic mass is 10.0. The molecule has 0 saturated heterocycles. The van der Waals surface area contributed by atoms with E-state index in [9.17, 15) is 9.59 Å². The van der Waals surface area contributed by atoms with Crippen molar-refractivity contribution in [2.24, 2.45) is 0 Å². The van der Waals surface area contributed by atoms with Crippen molar-refractivity contribution in [1.82, 2.24) is 5.32 Å². The Morgan fingerprint density at radius 1 is 1.04 bits per heavy atom. The molecule has 1 amide bonds. The third-order valence-electron chi connectivity index (χ3n) is 3.97.